The van der Waals surface area contributed by atoms with Gasteiger partial charge in [-0.3, -0.25) is 4.79 Å². The highest BCUT2D eigenvalue weighted by molar-refractivity contribution is 8.14. The highest BCUT2D eigenvalue weighted by Gasteiger charge is 2.49. The molecule has 0 aromatic heterocycles. The fourth-order valence-electron chi connectivity index (χ4n) is 1.94. The van der Waals surface area contributed by atoms with Crippen molar-refractivity contribution in [1.82, 2.24) is 0 Å². The first-order valence-corrected chi connectivity index (χ1v) is 5.67. The Morgan fingerprint density at radius 3 is 2.75 bits per heavy atom. The van der Waals surface area contributed by atoms with E-state index in [0.29, 0.717) is 6.61 Å². The van der Waals surface area contributed by atoms with E-state index < -0.39 is 17.3 Å². The van der Waals surface area contributed by atoms with Crippen molar-refractivity contribution in [2.24, 2.45) is 0 Å². The monoisotopic (exact) mass is 249 g/mol. The predicted molar refractivity (Wildman–Crippen MR) is 53.4 cm³/mol. The van der Waals surface area contributed by atoms with Crippen molar-refractivity contribution in [3.05, 3.63) is 10.1 Å². The lowest BCUT2D eigenvalue weighted by Crippen LogP contribution is -2.33. The van der Waals surface area contributed by atoms with Crippen LogP contribution in [0.15, 0.2) is 0 Å². The van der Waals surface area contributed by atoms with Gasteiger partial charge in [-0.15, -0.1) is 10.1 Å². The van der Waals surface area contributed by atoms with Gasteiger partial charge in [-0.1, -0.05) is 11.8 Å². The number of rotatable bonds is 3. The van der Waals surface area contributed by atoms with Gasteiger partial charge in [-0.25, -0.2) is 0 Å². The third kappa shape index (κ3) is 2.28. The molecule has 2 heterocycles. The minimum Gasteiger partial charge on any atom is -0.372 e. The highest BCUT2D eigenvalue weighted by atomic mass is 32.2. The highest BCUT2D eigenvalue weighted by Crippen LogP contribution is 2.35. The van der Waals surface area contributed by atoms with Crippen LogP contribution < -0.4 is 0 Å². The van der Waals surface area contributed by atoms with E-state index in [2.05, 4.69) is 4.84 Å². The standard InChI is InChI=1S/C8H11NO6S/c1-4(10)16-6-3-14-7-5(15-9(11)12)2-13-8(6)7/h5-8H,2-3H2,1H3/t5-,6+,7-,8-/m1/s1. The van der Waals surface area contributed by atoms with E-state index in [9.17, 15) is 14.9 Å². The van der Waals surface area contributed by atoms with Gasteiger partial charge in [0.05, 0.1) is 18.5 Å². The van der Waals surface area contributed by atoms with Gasteiger partial charge >= 0.3 is 0 Å². The molecule has 0 amide bonds. The molecule has 0 radical (unpaired) electrons. The maximum Gasteiger partial charge on any atom is 0.294 e. The van der Waals surface area contributed by atoms with Gasteiger partial charge in [0.2, 0.25) is 0 Å². The molecule has 0 N–H and O–H groups in total. The largest absolute Gasteiger partial charge is 0.372 e. The van der Waals surface area contributed by atoms with Gasteiger partial charge < -0.3 is 14.3 Å². The summed E-state index contributed by atoms with van der Waals surface area (Å²) in [7, 11) is 0. The Bertz CT molecular complexity index is 281. The summed E-state index contributed by atoms with van der Waals surface area (Å²) in [6, 6.07) is 0. The zero-order valence-electron chi connectivity index (χ0n) is 8.53. The second-order valence-corrected chi connectivity index (χ2v) is 5.03. The molecule has 0 aromatic carbocycles. The van der Waals surface area contributed by atoms with E-state index >= 15 is 0 Å². The second kappa shape index (κ2) is 4.56. The van der Waals surface area contributed by atoms with E-state index in [1.54, 1.807) is 0 Å². The molecule has 2 fully saturated rings. The summed E-state index contributed by atoms with van der Waals surface area (Å²) in [4.78, 5) is 25.6. The minimum atomic E-state index is -0.842. The lowest BCUT2D eigenvalue weighted by molar-refractivity contribution is -0.769. The molecule has 0 spiro atoms. The molecule has 16 heavy (non-hydrogen) atoms. The van der Waals surface area contributed by atoms with Crippen molar-refractivity contribution in [2.75, 3.05) is 13.2 Å². The third-order valence-corrected chi connectivity index (χ3v) is 3.54. The van der Waals surface area contributed by atoms with Gasteiger partial charge in [0.1, 0.15) is 12.2 Å². The first kappa shape index (κ1) is 11.6. The van der Waals surface area contributed by atoms with Gasteiger partial charge in [0.25, 0.3) is 5.09 Å². The molecule has 2 saturated heterocycles. The molecule has 7 nitrogen and oxygen atoms in total. The Kier molecular flexibility index (Phi) is 3.31. The molecule has 2 rings (SSSR count). The van der Waals surface area contributed by atoms with Crippen molar-refractivity contribution in [1.29, 1.82) is 0 Å². The summed E-state index contributed by atoms with van der Waals surface area (Å²) >= 11 is 1.15. The van der Waals surface area contributed by atoms with Crippen LogP contribution in [-0.2, 0) is 19.1 Å². The molecule has 2 aliphatic rings. The number of hydrogen-bond donors (Lipinski definition) is 0. The van der Waals surface area contributed by atoms with Crippen LogP contribution >= 0.6 is 11.8 Å². The Balaban J connectivity index is 1.95. The number of thioether (sulfide) groups is 1. The minimum absolute atomic E-state index is 0.0171. The average Bonchev–Trinajstić information content (AvgIpc) is 2.70. The smallest absolute Gasteiger partial charge is 0.294 e. The summed E-state index contributed by atoms with van der Waals surface area (Å²) in [6.07, 6.45) is -1.42. The van der Waals surface area contributed by atoms with Crippen LogP contribution in [0.1, 0.15) is 6.92 Å². The van der Waals surface area contributed by atoms with Crippen LogP contribution in [0.25, 0.3) is 0 Å². The zero-order valence-corrected chi connectivity index (χ0v) is 9.35. The average molecular weight is 249 g/mol. The maximum atomic E-state index is 11.0. The normalized spacial score (nSPS) is 37.1. The topological polar surface area (TPSA) is 87.9 Å². The lowest BCUT2D eigenvalue weighted by Gasteiger charge is -2.14. The van der Waals surface area contributed by atoms with Gasteiger partial charge in [-0.2, -0.15) is 0 Å². The molecule has 0 unspecified atom stereocenters. The van der Waals surface area contributed by atoms with E-state index in [0.717, 1.165) is 11.8 Å². The van der Waals surface area contributed by atoms with Gasteiger partial charge in [-0.05, 0) is 0 Å². The number of fused-ring (bicyclic) bond motifs is 1. The summed E-state index contributed by atoms with van der Waals surface area (Å²) < 4.78 is 10.8. The van der Waals surface area contributed by atoms with E-state index in [1.807, 2.05) is 0 Å². The third-order valence-electron chi connectivity index (χ3n) is 2.50. The predicted octanol–water partition coefficient (Wildman–Crippen LogP) is 0.00920. The molecular formula is C8H11NO6S. The quantitative estimate of drug-likeness (QED) is 0.514. The van der Waals surface area contributed by atoms with E-state index in [-0.39, 0.29) is 23.1 Å². The lowest BCUT2D eigenvalue weighted by atomic mass is 10.1. The van der Waals surface area contributed by atoms with Crippen molar-refractivity contribution in [3.8, 4) is 0 Å². The Morgan fingerprint density at radius 2 is 2.12 bits per heavy atom. The molecule has 8 heteroatoms. The number of hydrogen-bond acceptors (Lipinski definition) is 7. The Labute approximate surface area is 95.5 Å². The second-order valence-electron chi connectivity index (χ2n) is 3.61. The van der Waals surface area contributed by atoms with Crippen LogP contribution in [0, 0.1) is 10.1 Å². The summed E-state index contributed by atoms with van der Waals surface area (Å²) in [5, 5.41) is 9.26. The molecule has 0 saturated carbocycles. The molecule has 2 aliphatic heterocycles. The number of carbonyl (C=O) groups is 1. The van der Waals surface area contributed by atoms with Gasteiger partial charge in [0.15, 0.2) is 11.2 Å². The maximum absolute atomic E-state index is 11.0. The molecule has 90 valence electrons. The van der Waals surface area contributed by atoms with E-state index in [4.69, 9.17) is 9.47 Å². The molecular weight excluding hydrogens is 238 g/mol. The summed E-state index contributed by atoms with van der Waals surface area (Å²) in [6.45, 7) is 1.96. The Hall–Kier alpha value is -0.860. The van der Waals surface area contributed by atoms with Crippen LogP contribution in [0.3, 0.4) is 0 Å². The van der Waals surface area contributed by atoms with Crippen LogP contribution in [0.5, 0.6) is 0 Å². The fraction of sp³-hybridized carbons (Fsp3) is 0.875. The van der Waals surface area contributed by atoms with Gasteiger partial charge in [0, 0.05) is 6.92 Å². The molecule has 0 aliphatic carbocycles. The molecule has 4 atom stereocenters. The fourth-order valence-corrected chi connectivity index (χ4v) is 2.88. The van der Waals surface area contributed by atoms with Crippen molar-refractivity contribution in [2.45, 2.75) is 30.5 Å². The Morgan fingerprint density at radius 1 is 1.44 bits per heavy atom. The summed E-state index contributed by atoms with van der Waals surface area (Å²) in [5.74, 6) is 0. The van der Waals surface area contributed by atoms with Crippen molar-refractivity contribution in [3.63, 3.8) is 0 Å². The molecule has 0 aromatic rings. The number of nitrogens with zero attached hydrogens (tertiary/aromatic N) is 1. The zero-order chi connectivity index (χ0) is 11.7. The van der Waals surface area contributed by atoms with Crippen LogP contribution in [0.2, 0.25) is 0 Å². The first-order valence-electron chi connectivity index (χ1n) is 4.79. The van der Waals surface area contributed by atoms with Crippen LogP contribution in [0.4, 0.5) is 0 Å². The SMILES string of the molecule is CC(=O)S[C@H]1CO[C@H]2[C@@H]1OC[C@H]2O[N+](=O)[O-]. The first-order chi connectivity index (χ1) is 7.58. The van der Waals surface area contributed by atoms with E-state index in [1.165, 1.54) is 6.92 Å². The number of carbonyl (C=O) groups excluding carboxylic acids is 1. The molecule has 0 bridgehead atoms. The number of ether oxygens (including phenoxy) is 2. The van der Waals surface area contributed by atoms with Crippen molar-refractivity contribution < 1.29 is 24.2 Å². The van der Waals surface area contributed by atoms with Crippen LogP contribution in [-0.4, -0.2) is 47.0 Å². The van der Waals surface area contributed by atoms with Crippen molar-refractivity contribution >= 4 is 16.9 Å². The summed E-state index contributed by atoms with van der Waals surface area (Å²) in [5.41, 5.74) is 0.